The fraction of sp³-hybridized carbons (Fsp3) is 0.167. The monoisotopic (exact) mass is 356 g/mol. The van der Waals surface area contributed by atoms with E-state index in [-0.39, 0.29) is 11.3 Å². The van der Waals surface area contributed by atoms with Gasteiger partial charge in [-0.1, -0.05) is 29.8 Å². The van der Waals surface area contributed by atoms with E-state index in [0.717, 1.165) is 5.69 Å². The van der Waals surface area contributed by atoms with E-state index in [2.05, 4.69) is 10.4 Å². The van der Waals surface area contributed by atoms with Gasteiger partial charge in [-0.05, 0) is 24.3 Å². The van der Waals surface area contributed by atoms with Gasteiger partial charge in [0.2, 0.25) is 0 Å². The predicted molar refractivity (Wildman–Crippen MR) is 101 cm³/mol. The van der Waals surface area contributed by atoms with Crippen molar-refractivity contribution in [2.24, 2.45) is 7.05 Å². The number of halogens is 1. The van der Waals surface area contributed by atoms with Gasteiger partial charge in [-0.2, -0.15) is 5.10 Å². The molecule has 0 saturated carbocycles. The maximum Gasteiger partial charge on any atom is 0.276 e. The van der Waals surface area contributed by atoms with E-state index in [0.29, 0.717) is 21.5 Å². The van der Waals surface area contributed by atoms with E-state index in [9.17, 15) is 9.59 Å². The van der Waals surface area contributed by atoms with Gasteiger partial charge in [0, 0.05) is 31.6 Å². The molecule has 128 valence electrons. The van der Waals surface area contributed by atoms with Crippen LogP contribution in [0.2, 0.25) is 5.02 Å². The van der Waals surface area contributed by atoms with Crippen LogP contribution in [0.25, 0.3) is 10.8 Å². The molecule has 1 N–H and O–H groups in total. The van der Waals surface area contributed by atoms with Crippen LogP contribution in [0.15, 0.2) is 47.3 Å². The highest BCUT2D eigenvalue weighted by atomic mass is 35.5. The second kappa shape index (κ2) is 6.57. The molecule has 0 aliphatic carbocycles. The predicted octanol–water partition coefficient (Wildman–Crippen LogP) is 2.91. The van der Waals surface area contributed by atoms with Crippen molar-refractivity contribution in [2.45, 2.75) is 0 Å². The maximum atomic E-state index is 12.8. The molecule has 2 aromatic carbocycles. The van der Waals surface area contributed by atoms with Gasteiger partial charge in [-0.3, -0.25) is 9.59 Å². The van der Waals surface area contributed by atoms with E-state index in [1.54, 1.807) is 36.4 Å². The van der Waals surface area contributed by atoms with Crippen LogP contribution in [0.3, 0.4) is 0 Å². The molecule has 0 fully saturated rings. The molecule has 6 nitrogen and oxygen atoms in total. The van der Waals surface area contributed by atoms with Crippen molar-refractivity contribution in [3.63, 3.8) is 0 Å². The highest BCUT2D eigenvalue weighted by Crippen LogP contribution is 2.28. The molecule has 0 radical (unpaired) electrons. The second-order valence-corrected chi connectivity index (χ2v) is 6.27. The molecule has 0 unspecified atom stereocenters. The molecule has 1 heterocycles. The second-order valence-electron chi connectivity index (χ2n) is 5.83. The summed E-state index contributed by atoms with van der Waals surface area (Å²) in [5.41, 5.74) is 1.32. The lowest BCUT2D eigenvalue weighted by molar-refractivity contribution is 0.102. The number of aryl methyl sites for hydroxylation is 1. The first-order chi connectivity index (χ1) is 11.9. The highest BCUT2D eigenvalue weighted by Gasteiger charge is 2.17. The number of hydrogen-bond donors (Lipinski definition) is 1. The fourth-order valence-electron chi connectivity index (χ4n) is 2.65. The van der Waals surface area contributed by atoms with Gasteiger partial charge in [0.25, 0.3) is 11.5 Å². The van der Waals surface area contributed by atoms with Crippen LogP contribution in [-0.2, 0) is 7.05 Å². The number of carbonyl (C=O) groups excluding carboxylic acids is 1. The van der Waals surface area contributed by atoms with Crippen LogP contribution in [0.5, 0.6) is 0 Å². The first-order valence-electron chi connectivity index (χ1n) is 7.63. The average Bonchev–Trinajstić information content (AvgIpc) is 2.58. The van der Waals surface area contributed by atoms with Crippen molar-refractivity contribution in [1.82, 2.24) is 9.78 Å². The quantitative estimate of drug-likeness (QED) is 0.783. The third-order valence-corrected chi connectivity index (χ3v) is 4.10. The zero-order chi connectivity index (χ0) is 18.1. The topological polar surface area (TPSA) is 67.2 Å². The molecule has 7 heteroatoms. The lowest BCUT2D eigenvalue weighted by Gasteiger charge is -2.18. The Kier molecular flexibility index (Phi) is 4.46. The van der Waals surface area contributed by atoms with Crippen molar-refractivity contribution in [3.05, 3.63) is 63.5 Å². The molecule has 3 rings (SSSR count). The lowest BCUT2D eigenvalue weighted by atomic mass is 10.1. The molecular weight excluding hydrogens is 340 g/mol. The Hall–Kier alpha value is -2.86. The smallest absolute Gasteiger partial charge is 0.276 e. The van der Waals surface area contributed by atoms with Gasteiger partial charge >= 0.3 is 0 Å². The zero-order valence-electron chi connectivity index (χ0n) is 14.1. The number of benzene rings is 2. The molecule has 3 aromatic rings. The number of fused-ring (bicyclic) bond motifs is 1. The first-order valence-corrected chi connectivity index (χ1v) is 8.00. The largest absolute Gasteiger partial charge is 0.376 e. The van der Waals surface area contributed by atoms with E-state index in [4.69, 9.17) is 11.6 Å². The van der Waals surface area contributed by atoms with Gasteiger partial charge in [-0.25, -0.2) is 4.68 Å². The maximum absolute atomic E-state index is 12.8. The molecule has 0 atom stereocenters. The molecule has 0 bridgehead atoms. The van der Waals surface area contributed by atoms with Crippen molar-refractivity contribution in [3.8, 4) is 0 Å². The van der Waals surface area contributed by atoms with Gasteiger partial charge in [-0.15, -0.1) is 0 Å². The Balaban J connectivity index is 2.09. The van der Waals surface area contributed by atoms with E-state index >= 15 is 0 Å². The molecule has 0 aliphatic rings. The standard InChI is InChI=1S/C18H17ClN4O2/c1-22(2)15-9-8-11(19)10-14(15)20-17(24)16-12-6-4-5-7-13(12)18(25)23(3)21-16/h4-10H,1-3H3,(H,20,24). The summed E-state index contributed by atoms with van der Waals surface area (Å²) in [5, 5.41) is 8.46. The summed E-state index contributed by atoms with van der Waals surface area (Å²) in [6, 6.07) is 12.2. The summed E-state index contributed by atoms with van der Waals surface area (Å²) in [5.74, 6) is -0.405. The lowest BCUT2D eigenvalue weighted by Crippen LogP contribution is -2.25. The minimum absolute atomic E-state index is 0.183. The van der Waals surface area contributed by atoms with Crippen LogP contribution >= 0.6 is 11.6 Å². The summed E-state index contributed by atoms with van der Waals surface area (Å²) in [4.78, 5) is 26.9. The van der Waals surface area contributed by atoms with E-state index in [1.165, 1.54) is 11.7 Å². The normalized spacial score (nSPS) is 10.7. The number of aromatic nitrogens is 2. The minimum atomic E-state index is -0.405. The third-order valence-electron chi connectivity index (χ3n) is 3.86. The van der Waals surface area contributed by atoms with Gasteiger partial charge in [0.05, 0.1) is 16.8 Å². The van der Waals surface area contributed by atoms with Crippen LogP contribution in [0.1, 0.15) is 10.5 Å². The highest BCUT2D eigenvalue weighted by molar-refractivity contribution is 6.31. The number of anilines is 2. The van der Waals surface area contributed by atoms with E-state index < -0.39 is 5.91 Å². The van der Waals surface area contributed by atoms with E-state index in [1.807, 2.05) is 25.1 Å². The van der Waals surface area contributed by atoms with Gasteiger partial charge < -0.3 is 10.2 Å². The first kappa shape index (κ1) is 17.0. The summed E-state index contributed by atoms with van der Waals surface area (Å²) < 4.78 is 1.17. The number of nitrogens with one attached hydrogen (secondary N) is 1. The molecule has 1 aromatic heterocycles. The number of hydrogen-bond acceptors (Lipinski definition) is 4. The van der Waals surface area contributed by atoms with Crippen LogP contribution in [0.4, 0.5) is 11.4 Å². The molecule has 0 spiro atoms. The molecular formula is C18H17ClN4O2. The van der Waals surface area contributed by atoms with Crippen molar-refractivity contribution < 1.29 is 4.79 Å². The molecule has 0 saturated heterocycles. The number of carbonyl (C=O) groups is 1. The molecule has 25 heavy (non-hydrogen) atoms. The summed E-state index contributed by atoms with van der Waals surface area (Å²) in [6.07, 6.45) is 0. The van der Waals surface area contributed by atoms with Crippen LogP contribution in [0, 0.1) is 0 Å². The fourth-order valence-corrected chi connectivity index (χ4v) is 2.82. The summed E-state index contributed by atoms with van der Waals surface area (Å²) in [6.45, 7) is 0. The molecule has 1 amide bonds. The van der Waals surface area contributed by atoms with Gasteiger partial charge in [0.15, 0.2) is 5.69 Å². The van der Waals surface area contributed by atoms with Crippen molar-refractivity contribution in [2.75, 3.05) is 24.3 Å². The Morgan fingerprint density at radius 3 is 2.52 bits per heavy atom. The number of amides is 1. The Labute approximate surface area is 149 Å². The summed E-state index contributed by atoms with van der Waals surface area (Å²) >= 11 is 6.06. The van der Waals surface area contributed by atoms with Crippen molar-refractivity contribution in [1.29, 1.82) is 0 Å². The third kappa shape index (κ3) is 3.21. The Morgan fingerprint density at radius 2 is 1.84 bits per heavy atom. The average molecular weight is 357 g/mol. The van der Waals surface area contributed by atoms with Crippen LogP contribution in [-0.4, -0.2) is 29.8 Å². The summed E-state index contributed by atoms with van der Waals surface area (Å²) in [7, 11) is 5.27. The number of nitrogens with zero attached hydrogens (tertiary/aromatic N) is 3. The Bertz CT molecular complexity index is 1030. The van der Waals surface area contributed by atoms with Crippen LogP contribution < -0.4 is 15.8 Å². The minimum Gasteiger partial charge on any atom is -0.376 e. The zero-order valence-corrected chi connectivity index (χ0v) is 14.8. The SMILES string of the molecule is CN(C)c1ccc(Cl)cc1NC(=O)c1nn(C)c(=O)c2ccccc12. The van der Waals surface area contributed by atoms with Crippen molar-refractivity contribution >= 4 is 39.7 Å². The Morgan fingerprint density at radius 1 is 1.16 bits per heavy atom. The molecule has 0 aliphatic heterocycles. The number of rotatable bonds is 3. The van der Waals surface area contributed by atoms with Gasteiger partial charge in [0.1, 0.15) is 0 Å².